The summed E-state index contributed by atoms with van der Waals surface area (Å²) in [5.74, 6) is -0.223. The first-order valence-corrected chi connectivity index (χ1v) is 6.02. The van der Waals surface area contributed by atoms with E-state index in [1.54, 1.807) is 0 Å². The highest BCUT2D eigenvalue weighted by molar-refractivity contribution is 5.79. The second-order valence-electron chi connectivity index (χ2n) is 5.32. The molecule has 3 nitrogen and oxygen atoms in total. The molecule has 0 heterocycles. The van der Waals surface area contributed by atoms with E-state index >= 15 is 0 Å². The van der Waals surface area contributed by atoms with Crippen molar-refractivity contribution >= 4 is 5.91 Å². The van der Waals surface area contributed by atoms with E-state index in [2.05, 4.69) is 19.2 Å². The molecule has 1 fully saturated rings. The summed E-state index contributed by atoms with van der Waals surface area (Å²) in [5, 5.41) is 3.42. The largest absolute Gasteiger partial charge is 0.368 e. The predicted octanol–water partition coefficient (Wildman–Crippen LogP) is 1.81. The fourth-order valence-corrected chi connectivity index (χ4v) is 2.45. The van der Waals surface area contributed by atoms with Gasteiger partial charge in [0.05, 0.1) is 6.04 Å². The highest BCUT2D eigenvalue weighted by Crippen LogP contribution is 2.35. The smallest absolute Gasteiger partial charge is 0.234 e. The lowest BCUT2D eigenvalue weighted by Gasteiger charge is -2.40. The minimum Gasteiger partial charge on any atom is -0.368 e. The lowest BCUT2D eigenvalue weighted by molar-refractivity contribution is -0.120. The highest BCUT2D eigenvalue weighted by atomic mass is 16.1. The van der Waals surface area contributed by atoms with E-state index in [9.17, 15) is 4.79 Å². The van der Waals surface area contributed by atoms with Crippen LogP contribution in [0.1, 0.15) is 52.9 Å². The molecule has 1 aliphatic rings. The van der Waals surface area contributed by atoms with Gasteiger partial charge in [0.2, 0.25) is 5.91 Å². The molecule has 2 unspecified atom stereocenters. The summed E-state index contributed by atoms with van der Waals surface area (Å²) in [6.45, 7) is 6.55. The Bertz CT molecular complexity index is 226. The first-order chi connectivity index (χ1) is 6.97. The molecule has 0 aliphatic heterocycles. The Kier molecular flexibility index (Phi) is 4.14. The van der Waals surface area contributed by atoms with Gasteiger partial charge >= 0.3 is 0 Å². The van der Waals surface area contributed by atoms with Gasteiger partial charge in [0, 0.05) is 6.04 Å². The Labute approximate surface area is 92.8 Å². The van der Waals surface area contributed by atoms with Crippen LogP contribution in [-0.2, 0) is 4.79 Å². The van der Waals surface area contributed by atoms with Crippen molar-refractivity contribution in [3.8, 4) is 0 Å². The van der Waals surface area contributed by atoms with Gasteiger partial charge in [-0.1, -0.05) is 33.6 Å². The molecule has 0 saturated heterocycles. The van der Waals surface area contributed by atoms with Gasteiger partial charge in [-0.05, 0) is 24.7 Å². The van der Waals surface area contributed by atoms with Crippen LogP contribution in [0.2, 0.25) is 0 Å². The summed E-state index contributed by atoms with van der Waals surface area (Å²) < 4.78 is 0. The van der Waals surface area contributed by atoms with E-state index < -0.39 is 0 Å². The molecule has 1 rings (SSSR count). The Balaban J connectivity index is 2.58. The van der Waals surface area contributed by atoms with Crippen molar-refractivity contribution < 1.29 is 4.79 Å². The SMILES string of the molecule is CCC(NC1CCCCC1(C)C)C(N)=O. The van der Waals surface area contributed by atoms with Crippen molar-refractivity contribution in [1.29, 1.82) is 0 Å². The molecule has 15 heavy (non-hydrogen) atoms. The minimum atomic E-state index is -0.223. The maximum Gasteiger partial charge on any atom is 0.234 e. The van der Waals surface area contributed by atoms with Gasteiger partial charge in [-0.2, -0.15) is 0 Å². The summed E-state index contributed by atoms with van der Waals surface area (Å²) in [6.07, 6.45) is 5.74. The van der Waals surface area contributed by atoms with Crippen molar-refractivity contribution in [3.05, 3.63) is 0 Å². The molecule has 1 saturated carbocycles. The summed E-state index contributed by atoms with van der Waals surface area (Å²) in [7, 11) is 0. The molecule has 88 valence electrons. The van der Waals surface area contributed by atoms with Crippen molar-refractivity contribution in [3.63, 3.8) is 0 Å². The first-order valence-electron chi connectivity index (χ1n) is 6.02. The summed E-state index contributed by atoms with van der Waals surface area (Å²) >= 11 is 0. The molecule has 2 atom stereocenters. The predicted molar refractivity (Wildman–Crippen MR) is 62.4 cm³/mol. The molecule has 0 aromatic heterocycles. The lowest BCUT2D eigenvalue weighted by Crippen LogP contribution is -2.52. The Morgan fingerprint density at radius 3 is 2.67 bits per heavy atom. The molecule has 1 amide bonds. The molecule has 0 radical (unpaired) electrons. The van der Waals surface area contributed by atoms with Crippen molar-refractivity contribution in [2.24, 2.45) is 11.1 Å². The molecule has 0 aromatic carbocycles. The maximum absolute atomic E-state index is 11.2. The topological polar surface area (TPSA) is 55.1 Å². The number of amides is 1. The van der Waals surface area contributed by atoms with Gasteiger partial charge in [0.25, 0.3) is 0 Å². The van der Waals surface area contributed by atoms with Gasteiger partial charge in [0.15, 0.2) is 0 Å². The van der Waals surface area contributed by atoms with Crippen LogP contribution in [0.5, 0.6) is 0 Å². The van der Waals surface area contributed by atoms with Crippen LogP contribution in [0, 0.1) is 5.41 Å². The molecule has 0 aromatic rings. The standard InChI is InChI=1S/C12H24N2O/c1-4-9(11(13)15)14-10-7-5-6-8-12(10,2)3/h9-10,14H,4-8H2,1-3H3,(H2,13,15). The molecular weight excluding hydrogens is 188 g/mol. The Morgan fingerprint density at radius 1 is 1.53 bits per heavy atom. The van der Waals surface area contributed by atoms with Gasteiger partial charge in [-0.25, -0.2) is 0 Å². The van der Waals surface area contributed by atoms with Gasteiger partial charge in [0.1, 0.15) is 0 Å². The second-order valence-corrected chi connectivity index (χ2v) is 5.32. The zero-order valence-electron chi connectivity index (χ0n) is 10.2. The fourth-order valence-electron chi connectivity index (χ4n) is 2.45. The van der Waals surface area contributed by atoms with Crippen molar-refractivity contribution in [2.75, 3.05) is 0 Å². The van der Waals surface area contributed by atoms with E-state index in [-0.39, 0.29) is 11.9 Å². The number of rotatable bonds is 4. The summed E-state index contributed by atoms with van der Waals surface area (Å²) in [5.41, 5.74) is 5.64. The van der Waals surface area contributed by atoms with E-state index in [0.29, 0.717) is 11.5 Å². The lowest BCUT2D eigenvalue weighted by atomic mass is 9.73. The molecule has 3 heteroatoms. The number of nitrogens with two attached hydrogens (primary N) is 1. The zero-order valence-corrected chi connectivity index (χ0v) is 10.2. The average molecular weight is 212 g/mol. The normalized spacial score (nSPS) is 27.3. The van der Waals surface area contributed by atoms with Crippen LogP contribution in [-0.4, -0.2) is 18.0 Å². The Morgan fingerprint density at radius 2 is 2.20 bits per heavy atom. The number of hydrogen-bond acceptors (Lipinski definition) is 2. The second kappa shape index (κ2) is 4.97. The molecule has 0 bridgehead atoms. The van der Waals surface area contributed by atoms with E-state index in [4.69, 9.17) is 5.73 Å². The third kappa shape index (κ3) is 3.20. The van der Waals surface area contributed by atoms with Crippen molar-refractivity contribution in [2.45, 2.75) is 65.0 Å². The third-order valence-corrected chi connectivity index (χ3v) is 3.66. The van der Waals surface area contributed by atoms with Gasteiger partial charge in [-0.15, -0.1) is 0 Å². The minimum absolute atomic E-state index is 0.160. The fraction of sp³-hybridized carbons (Fsp3) is 0.917. The van der Waals surface area contributed by atoms with Crippen molar-refractivity contribution in [1.82, 2.24) is 5.32 Å². The van der Waals surface area contributed by atoms with E-state index in [1.165, 1.54) is 19.3 Å². The first kappa shape index (κ1) is 12.5. The number of hydrogen-bond donors (Lipinski definition) is 2. The number of carbonyl (C=O) groups excluding carboxylic acids is 1. The van der Waals surface area contributed by atoms with Crippen LogP contribution in [0.15, 0.2) is 0 Å². The number of carbonyl (C=O) groups is 1. The maximum atomic E-state index is 11.2. The Hall–Kier alpha value is -0.570. The van der Waals surface area contributed by atoms with Crippen LogP contribution in [0.25, 0.3) is 0 Å². The van der Waals surface area contributed by atoms with Crippen LogP contribution in [0.4, 0.5) is 0 Å². The molecule has 1 aliphatic carbocycles. The third-order valence-electron chi connectivity index (χ3n) is 3.66. The van der Waals surface area contributed by atoms with Gasteiger partial charge < -0.3 is 11.1 Å². The molecule has 0 spiro atoms. The van der Waals surface area contributed by atoms with Crippen LogP contribution in [0.3, 0.4) is 0 Å². The monoisotopic (exact) mass is 212 g/mol. The molecular formula is C12H24N2O. The molecule has 3 N–H and O–H groups in total. The van der Waals surface area contributed by atoms with Gasteiger partial charge in [-0.3, -0.25) is 4.79 Å². The summed E-state index contributed by atoms with van der Waals surface area (Å²) in [6, 6.07) is 0.274. The van der Waals surface area contributed by atoms with E-state index in [0.717, 1.165) is 12.8 Å². The summed E-state index contributed by atoms with van der Waals surface area (Å²) in [4.78, 5) is 11.2. The zero-order chi connectivity index (χ0) is 11.5. The number of primary amides is 1. The quantitative estimate of drug-likeness (QED) is 0.746. The van der Waals surface area contributed by atoms with E-state index in [1.807, 2.05) is 6.92 Å². The highest BCUT2D eigenvalue weighted by Gasteiger charge is 2.33. The van der Waals surface area contributed by atoms with Crippen LogP contribution >= 0.6 is 0 Å². The number of nitrogens with one attached hydrogen (secondary N) is 1. The van der Waals surface area contributed by atoms with Crippen LogP contribution < -0.4 is 11.1 Å². The average Bonchev–Trinajstić information content (AvgIpc) is 2.15.